The minimum atomic E-state index is -4.67. The van der Waals surface area contributed by atoms with Crippen molar-refractivity contribution in [2.45, 2.75) is 18.4 Å². The summed E-state index contributed by atoms with van der Waals surface area (Å²) in [4.78, 5) is 12.0. The standard InChI is InChI=1S/C20H17NO4S/c1-15(22)20-18(17-10-5-6-12-19(17)26(23,24)25)11-7-13-21(20)14-16-8-3-2-4-9-16/h2-13H,14H2,1H3. The number of pyridine rings is 1. The van der Waals surface area contributed by atoms with E-state index in [1.807, 2.05) is 30.3 Å². The Labute approximate surface area is 152 Å². The van der Waals surface area contributed by atoms with Crippen LogP contribution in [0, 0.1) is 0 Å². The first-order valence-electron chi connectivity index (χ1n) is 8.00. The van der Waals surface area contributed by atoms with Gasteiger partial charge in [-0.05, 0) is 12.1 Å². The van der Waals surface area contributed by atoms with Crippen LogP contribution in [0.4, 0.5) is 0 Å². The Bertz CT molecular complexity index is 1060. The van der Waals surface area contributed by atoms with Gasteiger partial charge in [0.25, 0.3) is 5.69 Å². The highest BCUT2D eigenvalue weighted by atomic mass is 32.2. The molecule has 2 aromatic carbocycles. The summed E-state index contributed by atoms with van der Waals surface area (Å²) in [6.45, 7) is 1.88. The summed E-state index contributed by atoms with van der Waals surface area (Å²) in [6.07, 6.45) is 1.77. The molecule has 0 bridgehead atoms. The van der Waals surface area contributed by atoms with Crippen LogP contribution >= 0.6 is 0 Å². The van der Waals surface area contributed by atoms with E-state index >= 15 is 0 Å². The van der Waals surface area contributed by atoms with Crippen molar-refractivity contribution in [3.63, 3.8) is 0 Å². The molecule has 0 N–H and O–H groups in total. The lowest BCUT2D eigenvalue weighted by Gasteiger charge is -2.14. The molecule has 0 aliphatic carbocycles. The number of carbonyl (C=O) groups excluding carboxylic acids is 1. The van der Waals surface area contributed by atoms with E-state index in [-0.39, 0.29) is 16.2 Å². The van der Waals surface area contributed by atoms with E-state index in [1.54, 1.807) is 35.0 Å². The number of hydrogen-bond acceptors (Lipinski definition) is 4. The van der Waals surface area contributed by atoms with Crippen molar-refractivity contribution in [1.29, 1.82) is 0 Å². The maximum absolute atomic E-state index is 12.4. The molecule has 6 heteroatoms. The van der Waals surface area contributed by atoms with Crippen LogP contribution in [0.25, 0.3) is 11.1 Å². The van der Waals surface area contributed by atoms with Gasteiger partial charge in [0.2, 0.25) is 5.78 Å². The van der Waals surface area contributed by atoms with Gasteiger partial charge in [0.1, 0.15) is 10.1 Å². The highest BCUT2D eigenvalue weighted by Crippen LogP contribution is 2.28. The fraction of sp³-hybridized carbons (Fsp3) is 0.100. The Balaban J connectivity index is 2.22. The number of ketones is 1. The van der Waals surface area contributed by atoms with Crippen LogP contribution < -0.4 is 4.57 Å². The second-order valence-electron chi connectivity index (χ2n) is 5.89. The maximum atomic E-state index is 12.4. The van der Waals surface area contributed by atoms with Gasteiger partial charge in [0.15, 0.2) is 12.7 Å². The van der Waals surface area contributed by atoms with Crippen LogP contribution in [0.5, 0.6) is 0 Å². The van der Waals surface area contributed by atoms with Gasteiger partial charge in [-0.25, -0.2) is 8.42 Å². The average Bonchev–Trinajstić information content (AvgIpc) is 2.61. The van der Waals surface area contributed by atoms with Crippen molar-refractivity contribution in [3.05, 3.63) is 84.2 Å². The highest BCUT2D eigenvalue weighted by molar-refractivity contribution is 7.85. The first-order chi connectivity index (χ1) is 12.4. The van der Waals surface area contributed by atoms with Crippen molar-refractivity contribution in [3.8, 4) is 11.1 Å². The van der Waals surface area contributed by atoms with Gasteiger partial charge in [0.05, 0.1) is 10.5 Å². The van der Waals surface area contributed by atoms with Gasteiger partial charge < -0.3 is 4.55 Å². The van der Waals surface area contributed by atoms with Crippen LogP contribution in [-0.4, -0.2) is 18.8 Å². The summed E-state index contributed by atoms with van der Waals surface area (Å²) >= 11 is 0. The molecule has 0 aliphatic rings. The second-order valence-corrected chi connectivity index (χ2v) is 7.24. The predicted molar refractivity (Wildman–Crippen MR) is 95.6 cm³/mol. The largest absolute Gasteiger partial charge is 0.744 e. The molecular formula is C20H17NO4S. The molecule has 3 rings (SSSR count). The van der Waals surface area contributed by atoms with Crippen LogP contribution in [0.2, 0.25) is 0 Å². The highest BCUT2D eigenvalue weighted by Gasteiger charge is 2.24. The smallest absolute Gasteiger partial charge is 0.256 e. The Morgan fingerprint density at radius 3 is 2.19 bits per heavy atom. The van der Waals surface area contributed by atoms with Gasteiger partial charge in [-0.2, -0.15) is 4.57 Å². The van der Waals surface area contributed by atoms with Crippen LogP contribution in [0.1, 0.15) is 23.0 Å². The molecule has 132 valence electrons. The molecular weight excluding hydrogens is 350 g/mol. The SMILES string of the molecule is CC(=O)c1c(-c2ccccc2S(=O)(=O)[O-])ccc[n+]1Cc1ccccc1. The molecule has 1 aromatic heterocycles. The van der Waals surface area contributed by atoms with Gasteiger partial charge in [0, 0.05) is 24.1 Å². The Hall–Kier alpha value is -2.83. The summed E-state index contributed by atoms with van der Waals surface area (Å²) < 4.78 is 36.7. The number of benzene rings is 2. The molecule has 0 amide bonds. The third-order valence-electron chi connectivity index (χ3n) is 4.05. The zero-order chi connectivity index (χ0) is 18.7. The van der Waals surface area contributed by atoms with Gasteiger partial charge in [-0.1, -0.05) is 48.5 Å². The zero-order valence-electron chi connectivity index (χ0n) is 14.1. The van der Waals surface area contributed by atoms with Gasteiger partial charge in [-0.3, -0.25) is 4.79 Å². The lowest BCUT2D eigenvalue weighted by atomic mass is 10.0. The quantitative estimate of drug-likeness (QED) is 0.395. The van der Waals surface area contributed by atoms with Crippen molar-refractivity contribution in [2.75, 3.05) is 0 Å². The molecule has 0 saturated carbocycles. The molecule has 0 aliphatic heterocycles. The molecule has 3 aromatic rings. The predicted octanol–water partition coefficient (Wildman–Crippen LogP) is 2.80. The van der Waals surface area contributed by atoms with E-state index in [1.165, 1.54) is 19.1 Å². The van der Waals surface area contributed by atoms with E-state index in [2.05, 4.69) is 0 Å². The van der Waals surface area contributed by atoms with E-state index in [9.17, 15) is 17.8 Å². The molecule has 0 spiro atoms. The minimum absolute atomic E-state index is 0.213. The lowest BCUT2D eigenvalue weighted by molar-refractivity contribution is -0.689. The number of Topliss-reactive ketones (excluding diaryl/α,β-unsaturated/α-hetero) is 1. The van der Waals surface area contributed by atoms with Crippen molar-refractivity contribution in [2.24, 2.45) is 0 Å². The third kappa shape index (κ3) is 3.71. The zero-order valence-corrected chi connectivity index (χ0v) is 14.9. The first-order valence-corrected chi connectivity index (χ1v) is 9.41. The van der Waals surface area contributed by atoms with Crippen LogP contribution in [0.3, 0.4) is 0 Å². The molecule has 5 nitrogen and oxygen atoms in total. The Morgan fingerprint density at radius 2 is 1.54 bits per heavy atom. The lowest BCUT2D eigenvalue weighted by Crippen LogP contribution is -2.40. The van der Waals surface area contributed by atoms with Crippen molar-refractivity contribution >= 4 is 15.9 Å². The van der Waals surface area contributed by atoms with Crippen LogP contribution in [0.15, 0.2) is 77.8 Å². The fourth-order valence-electron chi connectivity index (χ4n) is 2.98. The normalized spacial score (nSPS) is 11.3. The number of aromatic nitrogens is 1. The Kier molecular flexibility index (Phi) is 4.97. The van der Waals surface area contributed by atoms with Gasteiger partial charge in [-0.15, -0.1) is 0 Å². The average molecular weight is 367 g/mol. The summed E-state index contributed by atoms with van der Waals surface area (Å²) in [5, 5.41) is 0. The molecule has 0 fully saturated rings. The molecule has 0 atom stereocenters. The monoisotopic (exact) mass is 367 g/mol. The van der Waals surface area contributed by atoms with Crippen molar-refractivity contribution < 1.29 is 22.3 Å². The number of hydrogen-bond donors (Lipinski definition) is 0. The van der Waals surface area contributed by atoms with Crippen LogP contribution in [-0.2, 0) is 16.7 Å². The molecule has 0 saturated heterocycles. The summed E-state index contributed by atoms with van der Waals surface area (Å²) in [5.41, 5.74) is 2.01. The minimum Gasteiger partial charge on any atom is -0.744 e. The first kappa shape index (κ1) is 18.0. The van der Waals surface area contributed by atoms with E-state index in [0.29, 0.717) is 17.8 Å². The topological polar surface area (TPSA) is 78.1 Å². The van der Waals surface area contributed by atoms with E-state index in [0.717, 1.165) is 5.56 Å². The molecule has 26 heavy (non-hydrogen) atoms. The Morgan fingerprint density at radius 1 is 0.923 bits per heavy atom. The fourth-order valence-corrected chi connectivity index (χ4v) is 3.67. The number of rotatable bonds is 5. The third-order valence-corrected chi connectivity index (χ3v) is 4.94. The van der Waals surface area contributed by atoms with E-state index in [4.69, 9.17) is 0 Å². The number of nitrogens with zero attached hydrogens (tertiary/aromatic N) is 1. The van der Waals surface area contributed by atoms with Crippen molar-refractivity contribution in [1.82, 2.24) is 0 Å². The number of carbonyl (C=O) groups is 1. The second kappa shape index (κ2) is 7.19. The molecule has 0 radical (unpaired) electrons. The summed E-state index contributed by atoms with van der Waals surface area (Å²) in [7, 11) is -4.67. The van der Waals surface area contributed by atoms with E-state index < -0.39 is 10.1 Å². The molecule has 0 unspecified atom stereocenters. The summed E-state index contributed by atoms with van der Waals surface area (Å²) in [6, 6.07) is 18.9. The summed E-state index contributed by atoms with van der Waals surface area (Å²) in [5.74, 6) is -0.213. The molecule has 1 heterocycles. The maximum Gasteiger partial charge on any atom is 0.256 e. The van der Waals surface area contributed by atoms with Gasteiger partial charge >= 0.3 is 0 Å².